The van der Waals surface area contributed by atoms with Crippen LogP contribution < -0.4 is 10.1 Å². The van der Waals surface area contributed by atoms with Gasteiger partial charge in [-0.3, -0.25) is 4.98 Å². The van der Waals surface area contributed by atoms with Crippen molar-refractivity contribution in [2.24, 2.45) is 0 Å². The highest BCUT2D eigenvalue weighted by Crippen LogP contribution is 2.42. The Morgan fingerprint density at radius 1 is 0.952 bits per heavy atom. The predicted octanol–water partition coefficient (Wildman–Crippen LogP) is 8.69. The molecule has 6 heteroatoms. The van der Waals surface area contributed by atoms with Crippen molar-refractivity contribution in [2.45, 2.75) is 76.5 Å². The number of aromatic nitrogens is 1. The minimum atomic E-state index is -0.188. The molecule has 0 spiro atoms. The summed E-state index contributed by atoms with van der Waals surface area (Å²) in [7, 11) is 0. The number of halogens is 2. The summed E-state index contributed by atoms with van der Waals surface area (Å²) >= 11 is 6.95. The van der Waals surface area contributed by atoms with Crippen LogP contribution in [-0.2, 0) is 26.0 Å². The molecule has 1 aromatic heterocycles. The standard InChI is InChI=1S/C36H35ClFN3O/c37-34-17-28(22-41-29-7-2-1-3-8-29)36(42-23-25-15-24(19-39)20-40-21-25)18-27(34)16-26-13-14-32-30(26)10-6-11-31(32)33-9-4-5-12-35(33)38/h4-6,9-12,15,17-18,20-21,26,29,41H,1-3,7-8,13-14,16,22-23H2/t26-/m1/s1. The van der Waals surface area contributed by atoms with Gasteiger partial charge in [-0.2, -0.15) is 5.26 Å². The van der Waals surface area contributed by atoms with E-state index in [1.54, 1.807) is 18.5 Å². The van der Waals surface area contributed by atoms with Crippen molar-refractivity contribution in [3.63, 3.8) is 0 Å². The molecule has 6 rings (SSSR count). The van der Waals surface area contributed by atoms with E-state index in [9.17, 15) is 9.65 Å². The fraction of sp³-hybridized carbons (Fsp3) is 0.333. The molecule has 1 fully saturated rings. The second-order valence-electron chi connectivity index (χ2n) is 11.5. The average Bonchev–Trinajstić information content (AvgIpc) is 3.44. The Labute approximate surface area is 252 Å². The van der Waals surface area contributed by atoms with Crippen LogP contribution in [0.15, 0.2) is 73.1 Å². The largest absolute Gasteiger partial charge is 0.489 e. The van der Waals surface area contributed by atoms with Crippen LogP contribution in [0.3, 0.4) is 0 Å². The van der Waals surface area contributed by atoms with Crippen molar-refractivity contribution in [3.8, 4) is 22.9 Å². The summed E-state index contributed by atoms with van der Waals surface area (Å²) in [6.07, 6.45) is 12.2. The van der Waals surface area contributed by atoms with Crippen molar-refractivity contribution in [2.75, 3.05) is 0 Å². The Morgan fingerprint density at radius 3 is 2.62 bits per heavy atom. The maximum Gasteiger partial charge on any atom is 0.131 e. The number of benzene rings is 3. The van der Waals surface area contributed by atoms with Gasteiger partial charge < -0.3 is 10.1 Å². The lowest BCUT2D eigenvalue weighted by atomic mass is 9.90. The SMILES string of the molecule is N#Cc1cncc(COc2cc(C[C@H]3CCc4c(-c5ccccc5F)cccc43)c(Cl)cc2CNC2CCCCC2)c1. The average molecular weight is 580 g/mol. The molecule has 0 aliphatic heterocycles. The van der Waals surface area contributed by atoms with Crippen LogP contribution in [0.25, 0.3) is 11.1 Å². The first-order valence-corrected chi connectivity index (χ1v) is 15.3. The number of pyridine rings is 1. The van der Waals surface area contributed by atoms with E-state index in [-0.39, 0.29) is 5.82 Å². The molecule has 2 aliphatic rings. The highest BCUT2D eigenvalue weighted by molar-refractivity contribution is 6.31. The lowest BCUT2D eigenvalue weighted by Crippen LogP contribution is -2.30. The molecule has 0 amide bonds. The van der Waals surface area contributed by atoms with Gasteiger partial charge in [0.1, 0.15) is 24.2 Å². The van der Waals surface area contributed by atoms with Gasteiger partial charge in [0.05, 0.1) is 5.56 Å². The molecule has 0 saturated heterocycles. The van der Waals surface area contributed by atoms with Crippen LogP contribution in [0.4, 0.5) is 4.39 Å². The monoisotopic (exact) mass is 579 g/mol. The molecule has 0 radical (unpaired) electrons. The van der Waals surface area contributed by atoms with Crippen LogP contribution in [0.1, 0.15) is 77.8 Å². The highest BCUT2D eigenvalue weighted by Gasteiger charge is 2.27. The van der Waals surface area contributed by atoms with Crippen molar-refractivity contribution in [3.05, 3.63) is 117 Å². The third-order valence-corrected chi connectivity index (χ3v) is 9.11. The quantitative estimate of drug-likeness (QED) is 0.215. The summed E-state index contributed by atoms with van der Waals surface area (Å²) in [5, 5.41) is 13.8. The fourth-order valence-corrected chi connectivity index (χ4v) is 6.83. The first-order valence-electron chi connectivity index (χ1n) is 15.0. The number of hydrogen-bond donors (Lipinski definition) is 1. The minimum absolute atomic E-state index is 0.188. The fourth-order valence-electron chi connectivity index (χ4n) is 6.57. The molecule has 3 aromatic carbocycles. The number of nitrogens with zero attached hydrogens (tertiary/aromatic N) is 2. The summed E-state index contributed by atoms with van der Waals surface area (Å²) in [5.41, 5.74) is 7.60. The number of nitrogens with one attached hydrogen (secondary N) is 1. The van der Waals surface area contributed by atoms with Gasteiger partial charge in [0.25, 0.3) is 0 Å². The summed E-state index contributed by atoms with van der Waals surface area (Å²) in [4.78, 5) is 4.18. The van der Waals surface area contributed by atoms with E-state index in [1.807, 2.05) is 30.3 Å². The Hall–Kier alpha value is -3.72. The molecule has 42 heavy (non-hydrogen) atoms. The maximum atomic E-state index is 14.7. The third kappa shape index (κ3) is 6.36. The van der Waals surface area contributed by atoms with Gasteiger partial charge in [-0.1, -0.05) is 67.3 Å². The minimum Gasteiger partial charge on any atom is -0.489 e. The topological polar surface area (TPSA) is 57.9 Å². The van der Waals surface area contributed by atoms with Crippen molar-refractivity contribution in [1.82, 2.24) is 10.3 Å². The summed E-state index contributed by atoms with van der Waals surface area (Å²) in [6.45, 7) is 1.01. The molecule has 1 N–H and O–H groups in total. The van der Waals surface area contributed by atoms with E-state index in [4.69, 9.17) is 16.3 Å². The second-order valence-corrected chi connectivity index (χ2v) is 11.9. The van der Waals surface area contributed by atoms with Crippen LogP contribution in [0, 0.1) is 17.1 Å². The smallest absolute Gasteiger partial charge is 0.131 e. The number of nitriles is 1. The van der Waals surface area contributed by atoms with Gasteiger partial charge in [-0.05, 0) is 84.5 Å². The Kier molecular flexibility index (Phi) is 8.84. The predicted molar refractivity (Wildman–Crippen MR) is 165 cm³/mol. The molecule has 4 nitrogen and oxygen atoms in total. The van der Waals surface area contributed by atoms with Crippen molar-refractivity contribution >= 4 is 11.6 Å². The first kappa shape index (κ1) is 28.4. The zero-order valence-electron chi connectivity index (χ0n) is 23.7. The van der Waals surface area contributed by atoms with Crippen LogP contribution in [0.2, 0.25) is 5.02 Å². The normalized spacial score (nSPS) is 16.6. The molecule has 1 atom stereocenters. The van der Waals surface area contributed by atoms with E-state index >= 15 is 0 Å². The summed E-state index contributed by atoms with van der Waals surface area (Å²) < 4.78 is 21.1. The first-order chi connectivity index (χ1) is 20.6. The Balaban J connectivity index is 1.26. The van der Waals surface area contributed by atoms with Crippen LogP contribution in [-0.4, -0.2) is 11.0 Å². The summed E-state index contributed by atoms with van der Waals surface area (Å²) in [6, 6.07) is 21.9. The van der Waals surface area contributed by atoms with E-state index in [1.165, 1.54) is 49.3 Å². The number of rotatable bonds is 9. The lowest BCUT2D eigenvalue weighted by Gasteiger charge is -2.24. The van der Waals surface area contributed by atoms with E-state index < -0.39 is 0 Å². The van der Waals surface area contributed by atoms with Gasteiger partial charge in [0, 0.05) is 46.7 Å². The lowest BCUT2D eigenvalue weighted by molar-refractivity contribution is 0.299. The molecule has 4 aromatic rings. The van der Waals surface area contributed by atoms with Gasteiger partial charge >= 0.3 is 0 Å². The maximum absolute atomic E-state index is 14.7. The van der Waals surface area contributed by atoms with Gasteiger partial charge in [0.2, 0.25) is 0 Å². The molecule has 1 heterocycles. The number of hydrogen-bond acceptors (Lipinski definition) is 4. The molecule has 0 bridgehead atoms. The zero-order chi connectivity index (χ0) is 28.9. The van der Waals surface area contributed by atoms with Crippen LogP contribution >= 0.6 is 11.6 Å². The Bertz CT molecular complexity index is 1610. The molecule has 2 aliphatic carbocycles. The molecule has 214 valence electrons. The van der Waals surface area contributed by atoms with Crippen LogP contribution in [0.5, 0.6) is 5.75 Å². The molecule has 1 saturated carbocycles. The summed E-state index contributed by atoms with van der Waals surface area (Å²) in [5.74, 6) is 0.908. The van der Waals surface area contributed by atoms with Crippen molar-refractivity contribution < 1.29 is 9.13 Å². The second kappa shape index (κ2) is 13.1. The molecular weight excluding hydrogens is 545 g/mol. The van der Waals surface area contributed by atoms with E-state index in [0.717, 1.165) is 52.3 Å². The zero-order valence-corrected chi connectivity index (χ0v) is 24.5. The van der Waals surface area contributed by atoms with Crippen molar-refractivity contribution in [1.29, 1.82) is 5.26 Å². The van der Waals surface area contributed by atoms with Gasteiger partial charge in [-0.25, -0.2) is 4.39 Å². The van der Waals surface area contributed by atoms with E-state index in [2.05, 4.69) is 34.6 Å². The van der Waals surface area contributed by atoms with Gasteiger partial charge in [0.15, 0.2) is 0 Å². The highest BCUT2D eigenvalue weighted by atomic mass is 35.5. The molecular formula is C36H35ClFN3O. The number of fused-ring (bicyclic) bond motifs is 1. The van der Waals surface area contributed by atoms with E-state index in [0.29, 0.717) is 36.2 Å². The Morgan fingerprint density at radius 2 is 1.79 bits per heavy atom. The molecule has 0 unspecified atom stereocenters. The number of ether oxygens (including phenoxy) is 1. The third-order valence-electron chi connectivity index (χ3n) is 8.76. The van der Waals surface area contributed by atoms with Gasteiger partial charge in [-0.15, -0.1) is 0 Å².